The standard InChI is InChI=1S/C20H17N3O2/c21-19(24)16-11-14(13-6-2-1-3-7-13)10-15(12-16)17-8-4-5-9-18(17)23-20(22)25/h1-12H,(H2,21,24)(H3,22,23,25). The molecule has 0 spiro atoms. The highest BCUT2D eigenvalue weighted by molar-refractivity contribution is 5.98. The van der Waals surface area contributed by atoms with Crippen molar-refractivity contribution in [3.05, 3.63) is 78.4 Å². The molecule has 25 heavy (non-hydrogen) atoms. The molecule has 0 fully saturated rings. The van der Waals surface area contributed by atoms with Crippen LogP contribution in [0.5, 0.6) is 0 Å². The molecule has 3 amide bonds. The fourth-order valence-corrected chi connectivity index (χ4v) is 2.70. The van der Waals surface area contributed by atoms with Crippen LogP contribution in [0, 0.1) is 0 Å². The van der Waals surface area contributed by atoms with E-state index in [4.69, 9.17) is 11.5 Å². The molecule has 124 valence electrons. The number of nitrogens with one attached hydrogen (secondary N) is 1. The first-order valence-corrected chi connectivity index (χ1v) is 7.71. The number of para-hydroxylation sites is 1. The maximum atomic E-state index is 11.8. The van der Waals surface area contributed by atoms with Crippen molar-refractivity contribution in [3.63, 3.8) is 0 Å². The molecular weight excluding hydrogens is 314 g/mol. The maximum absolute atomic E-state index is 11.8. The molecule has 5 heteroatoms. The van der Waals surface area contributed by atoms with Gasteiger partial charge in [-0.3, -0.25) is 4.79 Å². The summed E-state index contributed by atoms with van der Waals surface area (Å²) in [5.74, 6) is -0.514. The Morgan fingerprint density at radius 3 is 2.04 bits per heavy atom. The number of carbonyl (C=O) groups is 2. The molecule has 5 N–H and O–H groups in total. The molecular formula is C20H17N3O2. The van der Waals surface area contributed by atoms with Gasteiger partial charge in [-0.1, -0.05) is 48.5 Å². The Morgan fingerprint density at radius 2 is 1.36 bits per heavy atom. The predicted molar refractivity (Wildman–Crippen MR) is 99.0 cm³/mol. The van der Waals surface area contributed by atoms with Crippen molar-refractivity contribution in [3.8, 4) is 22.3 Å². The number of carbonyl (C=O) groups excluding carboxylic acids is 2. The average molecular weight is 331 g/mol. The van der Waals surface area contributed by atoms with Crippen LogP contribution in [0.1, 0.15) is 10.4 Å². The summed E-state index contributed by atoms with van der Waals surface area (Å²) in [5.41, 5.74) is 15.0. The molecule has 5 nitrogen and oxygen atoms in total. The van der Waals surface area contributed by atoms with Gasteiger partial charge < -0.3 is 16.8 Å². The van der Waals surface area contributed by atoms with Gasteiger partial charge in [-0.25, -0.2) is 4.79 Å². The lowest BCUT2D eigenvalue weighted by molar-refractivity contribution is 0.100. The van der Waals surface area contributed by atoms with E-state index in [0.717, 1.165) is 22.3 Å². The van der Waals surface area contributed by atoms with Crippen molar-refractivity contribution < 1.29 is 9.59 Å². The smallest absolute Gasteiger partial charge is 0.316 e. The molecule has 0 saturated carbocycles. The van der Waals surface area contributed by atoms with Gasteiger partial charge in [0.05, 0.1) is 5.69 Å². The van der Waals surface area contributed by atoms with Crippen LogP contribution in [-0.4, -0.2) is 11.9 Å². The summed E-state index contributed by atoms with van der Waals surface area (Å²) in [4.78, 5) is 23.0. The third-order valence-corrected chi connectivity index (χ3v) is 3.82. The Balaban J connectivity index is 2.19. The summed E-state index contributed by atoms with van der Waals surface area (Å²) in [5, 5.41) is 2.60. The monoisotopic (exact) mass is 331 g/mol. The van der Waals surface area contributed by atoms with Crippen molar-refractivity contribution in [2.45, 2.75) is 0 Å². The molecule has 0 atom stereocenters. The topological polar surface area (TPSA) is 98.2 Å². The zero-order valence-electron chi connectivity index (χ0n) is 13.4. The van der Waals surface area contributed by atoms with Crippen LogP contribution in [0.2, 0.25) is 0 Å². The number of hydrogen-bond acceptors (Lipinski definition) is 2. The molecule has 0 aliphatic heterocycles. The number of anilines is 1. The van der Waals surface area contributed by atoms with Gasteiger partial charge in [0.15, 0.2) is 0 Å². The van der Waals surface area contributed by atoms with E-state index in [1.54, 1.807) is 24.3 Å². The first-order chi connectivity index (χ1) is 12.0. The second-order valence-corrected chi connectivity index (χ2v) is 5.56. The zero-order valence-corrected chi connectivity index (χ0v) is 13.4. The molecule has 0 radical (unpaired) electrons. The normalized spacial score (nSPS) is 10.2. The van der Waals surface area contributed by atoms with E-state index in [9.17, 15) is 9.59 Å². The average Bonchev–Trinajstić information content (AvgIpc) is 2.62. The lowest BCUT2D eigenvalue weighted by Crippen LogP contribution is -2.19. The van der Waals surface area contributed by atoms with Gasteiger partial charge in [0.25, 0.3) is 0 Å². The number of urea groups is 1. The fraction of sp³-hybridized carbons (Fsp3) is 0. The summed E-state index contributed by atoms with van der Waals surface area (Å²) in [7, 11) is 0. The molecule has 0 unspecified atom stereocenters. The van der Waals surface area contributed by atoms with Gasteiger partial charge in [0, 0.05) is 11.1 Å². The third kappa shape index (κ3) is 3.67. The Labute approximate surface area is 145 Å². The summed E-state index contributed by atoms with van der Waals surface area (Å²) in [6.07, 6.45) is 0. The Bertz CT molecular complexity index is 937. The van der Waals surface area contributed by atoms with Crippen molar-refractivity contribution in [1.29, 1.82) is 0 Å². The zero-order chi connectivity index (χ0) is 17.8. The first kappa shape index (κ1) is 16.3. The van der Waals surface area contributed by atoms with Crippen molar-refractivity contribution in [2.24, 2.45) is 11.5 Å². The summed E-state index contributed by atoms with van der Waals surface area (Å²) in [6.45, 7) is 0. The summed E-state index contributed by atoms with van der Waals surface area (Å²) in [6, 6.07) is 21.7. The van der Waals surface area contributed by atoms with Gasteiger partial charge in [-0.2, -0.15) is 0 Å². The number of benzene rings is 3. The van der Waals surface area contributed by atoms with Crippen molar-refractivity contribution >= 4 is 17.6 Å². The molecule has 0 aromatic heterocycles. The van der Waals surface area contributed by atoms with E-state index in [1.807, 2.05) is 48.5 Å². The van der Waals surface area contributed by atoms with E-state index in [0.29, 0.717) is 11.3 Å². The van der Waals surface area contributed by atoms with Gasteiger partial charge in [-0.15, -0.1) is 0 Å². The second kappa shape index (κ2) is 6.88. The molecule has 3 aromatic rings. The predicted octanol–water partition coefficient (Wildman–Crippen LogP) is 3.61. The molecule has 3 rings (SSSR count). The molecule has 3 aromatic carbocycles. The number of amides is 3. The highest BCUT2D eigenvalue weighted by atomic mass is 16.2. The minimum absolute atomic E-state index is 0.394. The van der Waals surface area contributed by atoms with Gasteiger partial charge in [0.1, 0.15) is 0 Å². The van der Waals surface area contributed by atoms with E-state index in [2.05, 4.69) is 5.32 Å². The number of primary amides is 2. The highest BCUT2D eigenvalue weighted by Gasteiger charge is 2.12. The number of rotatable bonds is 4. The van der Waals surface area contributed by atoms with Crippen molar-refractivity contribution in [1.82, 2.24) is 0 Å². The van der Waals surface area contributed by atoms with Gasteiger partial charge in [0.2, 0.25) is 5.91 Å². The minimum Gasteiger partial charge on any atom is -0.366 e. The minimum atomic E-state index is -0.651. The molecule has 0 saturated heterocycles. The van der Waals surface area contributed by atoms with Crippen LogP contribution in [0.25, 0.3) is 22.3 Å². The Kier molecular flexibility index (Phi) is 4.48. The Hall–Kier alpha value is -3.60. The van der Waals surface area contributed by atoms with Crippen LogP contribution in [0.3, 0.4) is 0 Å². The van der Waals surface area contributed by atoms with Crippen LogP contribution >= 0.6 is 0 Å². The SMILES string of the molecule is NC(=O)Nc1ccccc1-c1cc(C(N)=O)cc(-c2ccccc2)c1. The molecule has 0 aliphatic carbocycles. The third-order valence-electron chi connectivity index (χ3n) is 3.82. The fourth-order valence-electron chi connectivity index (χ4n) is 2.70. The van der Waals surface area contributed by atoms with E-state index in [1.165, 1.54) is 0 Å². The molecule has 0 bridgehead atoms. The lowest BCUT2D eigenvalue weighted by atomic mass is 9.95. The number of nitrogens with two attached hydrogens (primary N) is 2. The van der Waals surface area contributed by atoms with Crippen LogP contribution in [-0.2, 0) is 0 Å². The Morgan fingerprint density at radius 1 is 0.720 bits per heavy atom. The van der Waals surface area contributed by atoms with E-state index in [-0.39, 0.29) is 0 Å². The van der Waals surface area contributed by atoms with Gasteiger partial charge in [-0.05, 0) is 41.0 Å². The summed E-state index contributed by atoms with van der Waals surface area (Å²) < 4.78 is 0. The van der Waals surface area contributed by atoms with Crippen LogP contribution < -0.4 is 16.8 Å². The quantitative estimate of drug-likeness (QED) is 0.680. The largest absolute Gasteiger partial charge is 0.366 e. The van der Waals surface area contributed by atoms with Crippen molar-refractivity contribution in [2.75, 3.05) is 5.32 Å². The van der Waals surface area contributed by atoms with Gasteiger partial charge >= 0.3 is 6.03 Å². The second-order valence-electron chi connectivity index (χ2n) is 5.56. The molecule has 0 heterocycles. The first-order valence-electron chi connectivity index (χ1n) is 7.71. The van der Waals surface area contributed by atoms with E-state index >= 15 is 0 Å². The lowest BCUT2D eigenvalue weighted by Gasteiger charge is -2.13. The highest BCUT2D eigenvalue weighted by Crippen LogP contribution is 2.32. The summed E-state index contributed by atoms with van der Waals surface area (Å²) >= 11 is 0. The molecule has 0 aliphatic rings. The number of hydrogen-bond donors (Lipinski definition) is 3. The van der Waals surface area contributed by atoms with Crippen LogP contribution in [0.4, 0.5) is 10.5 Å². The maximum Gasteiger partial charge on any atom is 0.316 e. The van der Waals surface area contributed by atoms with Crippen LogP contribution in [0.15, 0.2) is 72.8 Å². The van der Waals surface area contributed by atoms with E-state index < -0.39 is 11.9 Å².